The molecule has 1 N–H and O–H groups in total. The fourth-order valence-electron chi connectivity index (χ4n) is 2.24. The lowest BCUT2D eigenvalue weighted by atomic mass is 9.77. The minimum atomic E-state index is 0.0459. The Morgan fingerprint density at radius 3 is 3.00 bits per heavy atom. The molecule has 0 saturated heterocycles. The third-order valence-electron chi connectivity index (χ3n) is 3.23. The summed E-state index contributed by atoms with van der Waals surface area (Å²) in [6.07, 6.45) is 0.871. The summed E-state index contributed by atoms with van der Waals surface area (Å²) in [5.74, 6) is 0.183. The zero-order valence-electron chi connectivity index (χ0n) is 9.65. The van der Waals surface area contributed by atoms with E-state index in [1.54, 1.807) is 11.3 Å². The van der Waals surface area contributed by atoms with Gasteiger partial charge in [0, 0.05) is 14.7 Å². The Morgan fingerprint density at radius 1 is 1.44 bits per heavy atom. The van der Waals surface area contributed by atoms with Gasteiger partial charge in [-0.25, -0.2) is 0 Å². The molecule has 1 amide bonds. The molecule has 1 atom stereocenters. The molecule has 0 spiro atoms. The number of halogens is 1. The average molecular weight is 322 g/mol. The molecule has 0 saturated carbocycles. The largest absolute Gasteiger partial charge is 0.351 e. The van der Waals surface area contributed by atoms with Crippen molar-refractivity contribution in [3.05, 3.63) is 56.2 Å². The Kier molecular flexibility index (Phi) is 3.22. The van der Waals surface area contributed by atoms with Crippen LogP contribution in [0.5, 0.6) is 0 Å². The lowest BCUT2D eigenvalue weighted by Gasteiger charge is -2.28. The van der Waals surface area contributed by atoms with Crippen molar-refractivity contribution in [1.29, 1.82) is 0 Å². The van der Waals surface area contributed by atoms with Gasteiger partial charge >= 0.3 is 0 Å². The van der Waals surface area contributed by atoms with Crippen LogP contribution in [0, 0.1) is 0 Å². The Balaban J connectivity index is 1.61. The van der Waals surface area contributed by atoms with E-state index in [1.807, 2.05) is 29.6 Å². The fraction of sp³-hybridized carbons (Fsp3) is 0.214. The van der Waals surface area contributed by atoms with Gasteiger partial charge in [0.1, 0.15) is 0 Å². The van der Waals surface area contributed by atoms with Crippen LogP contribution in [0.2, 0.25) is 0 Å². The van der Waals surface area contributed by atoms with E-state index in [1.165, 1.54) is 16.0 Å². The number of thiophene rings is 1. The number of amides is 1. The van der Waals surface area contributed by atoms with Crippen molar-refractivity contribution in [2.45, 2.75) is 18.9 Å². The van der Waals surface area contributed by atoms with Gasteiger partial charge in [-0.05, 0) is 39.5 Å². The monoisotopic (exact) mass is 321 g/mol. The highest BCUT2D eigenvalue weighted by atomic mass is 79.9. The van der Waals surface area contributed by atoms with Crippen LogP contribution < -0.4 is 5.32 Å². The van der Waals surface area contributed by atoms with Crippen molar-refractivity contribution in [1.82, 2.24) is 5.32 Å². The molecule has 1 aromatic carbocycles. The normalized spacial score (nSPS) is 16.8. The first-order chi connectivity index (χ1) is 8.74. The minimum absolute atomic E-state index is 0.0459. The van der Waals surface area contributed by atoms with Crippen LogP contribution in [0.15, 0.2) is 40.2 Å². The van der Waals surface area contributed by atoms with E-state index < -0.39 is 0 Å². The number of rotatable bonds is 3. The summed E-state index contributed by atoms with van der Waals surface area (Å²) in [5.41, 5.74) is 2.49. The molecule has 1 aromatic heterocycles. The van der Waals surface area contributed by atoms with Crippen LogP contribution in [-0.2, 0) is 17.8 Å². The maximum absolute atomic E-state index is 12.0. The van der Waals surface area contributed by atoms with Crippen LogP contribution >= 0.6 is 27.3 Å². The first-order valence-corrected chi connectivity index (χ1v) is 7.50. The molecule has 4 heteroatoms. The van der Waals surface area contributed by atoms with E-state index in [4.69, 9.17) is 0 Å². The molecule has 0 radical (unpaired) electrons. The smallest absolute Gasteiger partial charge is 0.228 e. The van der Waals surface area contributed by atoms with Gasteiger partial charge < -0.3 is 5.32 Å². The number of hydrogen-bond donors (Lipinski definition) is 1. The summed E-state index contributed by atoms with van der Waals surface area (Å²) in [5, 5.41) is 5.03. The van der Waals surface area contributed by atoms with Crippen LogP contribution in [0.1, 0.15) is 21.9 Å². The number of carbonyl (C=O) groups is 1. The highest BCUT2D eigenvalue weighted by Crippen LogP contribution is 2.34. The zero-order valence-corrected chi connectivity index (χ0v) is 12.1. The van der Waals surface area contributed by atoms with Crippen molar-refractivity contribution < 1.29 is 4.79 Å². The maximum atomic E-state index is 12.0. The van der Waals surface area contributed by atoms with Gasteiger partial charge in [0.05, 0.1) is 12.5 Å². The minimum Gasteiger partial charge on any atom is -0.351 e. The third kappa shape index (κ3) is 2.22. The van der Waals surface area contributed by atoms with Crippen molar-refractivity contribution >= 4 is 33.2 Å². The topological polar surface area (TPSA) is 29.1 Å². The molecule has 0 aliphatic heterocycles. The van der Waals surface area contributed by atoms with Crippen molar-refractivity contribution in [2.75, 3.05) is 0 Å². The first-order valence-electron chi connectivity index (χ1n) is 5.82. The van der Waals surface area contributed by atoms with Crippen molar-refractivity contribution in [2.24, 2.45) is 0 Å². The molecule has 1 heterocycles. The van der Waals surface area contributed by atoms with E-state index in [0.29, 0.717) is 6.54 Å². The van der Waals surface area contributed by atoms with Crippen molar-refractivity contribution in [3.8, 4) is 0 Å². The Morgan fingerprint density at radius 2 is 2.28 bits per heavy atom. The molecule has 0 bridgehead atoms. The van der Waals surface area contributed by atoms with Gasteiger partial charge in [-0.1, -0.05) is 24.3 Å². The lowest BCUT2D eigenvalue weighted by molar-refractivity contribution is -0.123. The van der Waals surface area contributed by atoms with E-state index in [0.717, 1.165) is 10.9 Å². The van der Waals surface area contributed by atoms with Gasteiger partial charge in [0.25, 0.3) is 0 Å². The van der Waals surface area contributed by atoms with Crippen molar-refractivity contribution in [3.63, 3.8) is 0 Å². The zero-order chi connectivity index (χ0) is 12.5. The highest BCUT2D eigenvalue weighted by Gasteiger charge is 2.31. The van der Waals surface area contributed by atoms with E-state index in [9.17, 15) is 4.79 Å². The SMILES string of the molecule is O=C(NCc1cc(Br)cs1)C1Cc2ccccc21. The van der Waals surface area contributed by atoms with E-state index in [2.05, 4.69) is 27.3 Å². The summed E-state index contributed by atoms with van der Waals surface area (Å²) < 4.78 is 1.07. The molecule has 1 aliphatic rings. The molecule has 18 heavy (non-hydrogen) atoms. The van der Waals surface area contributed by atoms with Crippen LogP contribution in [0.3, 0.4) is 0 Å². The van der Waals surface area contributed by atoms with Gasteiger partial charge in [-0.2, -0.15) is 0 Å². The summed E-state index contributed by atoms with van der Waals surface area (Å²) in [6.45, 7) is 0.619. The number of hydrogen-bond acceptors (Lipinski definition) is 2. The second kappa shape index (κ2) is 4.86. The predicted molar refractivity (Wildman–Crippen MR) is 76.8 cm³/mol. The van der Waals surface area contributed by atoms with Gasteiger partial charge in [-0.15, -0.1) is 11.3 Å². The molecule has 2 aromatic rings. The standard InChI is InChI=1S/C14H12BrNOS/c15-10-6-11(18-8-10)7-16-14(17)13-5-9-3-1-2-4-12(9)13/h1-4,6,8,13H,5,7H2,(H,16,17). The number of carbonyl (C=O) groups excluding carboxylic acids is 1. The first kappa shape index (κ1) is 11.9. The Hall–Kier alpha value is -1.13. The van der Waals surface area contributed by atoms with Crippen LogP contribution in [-0.4, -0.2) is 5.91 Å². The molecule has 92 valence electrons. The molecule has 2 nitrogen and oxygen atoms in total. The molecule has 1 unspecified atom stereocenters. The van der Waals surface area contributed by atoms with Gasteiger partial charge in [0.15, 0.2) is 0 Å². The summed E-state index contributed by atoms with van der Waals surface area (Å²) >= 11 is 5.06. The summed E-state index contributed by atoms with van der Waals surface area (Å²) in [7, 11) is 0. The molecular weight excluding hydrogens is 310 g/mol. The summed E-state index contributed by atoms with van der Waals surface area (Å²) in [4.78, 5) is 13.2. The second-order valence-electron chi connectivity index (χ2n) is 4.40. The fourth-order valence-corrected chi connectivity index (χ4v) is 3.63. The van der Waals surface area contributed by atoms with E-state index >= 15 is 0 Å². The van der Waals surface area contributed by atoms with Crippen LogP contribution in [0.25, 0.3) is 0 Å². The summed E-state index contributed by atoms with van der Waals surface area (Å²) in [6, 6.07) is 10.2. The molecule has 3 rings (SSSR count). The quantitative estimate of drug-likeness (QED) is 0.921. The lowest BCUT2D eigenvalue weighted by Crippen LogP contribution is -2.34. The Labute approximate surface area is 118 Å². The number of nitrogens with one attached hydrogen (secondary N) is 1. The van der Waals surface area contributed by atoms with Gasteiger partial charge in [-0.3, -0.25) is 4.79 Å². The van der Waals surface area contributed by atoms with Gasteiger partial charge in [0.2, 0.25) is 5.91 Å². The number of fused-ring (bicyclic) bond motifs is 1. The second-order valence-corrected chi connectivity index (χ2v) is 6.32. The Bertz CT molecular complexity index is 593. The van der Waals surface area contributed by atoms with Crippen LogP contribution in [0.4, 0.5) is 0 Å². The molecule has 0 fully saturated rings. The molecule has 1 aliphatic carbocycles. The predicted octanol–water partition coefficient (Wildman–Crippen LogP) is 3.47. The number of benzene rings is 1. The average Bonchev–Trinajstić information content (AvgIpc) is 2.74. The highest BCUT2D eigenvalue weighted by molar-refractivity contribution is 9.10. The maximum Gasteiger partial charge on any atom is 0.228 e. The third-order valence-corrected chi connectivity index (χ3v) is 4.93. The molecular formula is C14H12BrNOS. The van der Waals surface area contributed by atoms with E-state index in [-0.39, 0.29) is 11.8 Å².